The summed E-state index contributed by atoms with van der Waals surface area (Å²) in [5.74, 6) is 0.754. The Balaban J connectivity index is 1.25. The maximum Gasteiger partial charge on any atom is 0.319 e. The predicted molar refractivity (Wildman–Crippen MR) is 120 cm³/mol. The van der Waals surface area contributed by atoms with Crippen LogP contribution in [0, 0.1) is 0 Å². The van der Waals surface area contributed by atoms with Gasteiger partial charge in [0.1, 0.15) is 0 Å². The number of likely N-dealkylation sites (tertiary alicyclic amines) is 1. The van der Waals surface area contributed by atoms with Crippen LogP contribution in [0.2, 0.25) is 0 Å². The molecular weight excluding hydrogens is 374 g/mol. The molecule has 0 aromatic heterocycles. The van der Waals surface area contributed by atoms with Gasteiger partial charge in [0.2, 0.25) is 0 Å². The molecule has 2 aromatic carbocycles. The molecule has 5 heteroatoms. The molecule has 2 fully saturated rings. The van der Waals surface area contributed by atoms with Gasteiger partial charge >= 0.3 is 6.03 Å². The summed E-state index contributed by atoms with van der Waals surface area (Å²) in [7, 11) is 0. The minimum atomic E-state index is -0.190. The summed E-state index contributed by atoms with van der Waals surface area (Å²) in [6.45, 7) is 1.33. The number of urea groups is 1. The van der Waals surface area contributed by atoms with E-state index in [0.717, 1.165) is 24.1 Å². The number of nitrogens with zero attached hydrogens (tertiary/aromatic N) is 1. The van der Waals surface area contributed by atoms with E-state index in [9.17, 15) is 9.59 Å². The lowest BCUT2D eigenvalue weighted by Gasteiger charge is -2.32. The third-order valence-electron chi connectivity index (χ3n) is 6.38. The highest BCUT2D eigenvalue weighted by Crippen LogP contribution is 2.32. The number of para-hydroxylation sites is 1. The molecule has 0 atom stereocenters. The van der Waals surface area contributed by atoms with E-state index in [1.54, 1.807) is 0 Å². The highest BCUT2D eigenvalue weighted by molar-refractivity contribution is 5.94. The van der Waals surface area contributed by atoms with E-state index in [2.05, 4.69) is 22.8 Å². The zero-order valence-electron chi connectivity index (χ0n) is 17.5. The van der Waals surface area contributed by atoms with Crippen molar-refractivity contribution in [2.24, 2.45) is 0 Å². The van der Waals surface area contributed by atoms with Gasteiger partial charge in [-0.1, -0.05) is 49.6 Å². The number of anilines is 1. The van der Waals surface area contributed by atoms with E-state index in [4.69, 9.17) is 0 Å². The largest absolute Gasteiger partial charge is 0.338 e. The van der Waals surface area contributed by atoms with Crippen LogP contribution in [-0.4, -0.2) is 36.0 Å². The van der Waals surface area contributed by atoms with E-state index < -0.39 is 0 Å². The Labute approximate surface area is 178 Å². The molecule has 3 amide bonds. The average Bonchev–Trinajstić information content (AvgIpc) is 2.80. The van der Waals surface area contributed by atoms with Gasteiger partial charge in [0, 0.05) is 30.4 Å². The highest BCUT2D eigenvalue weighted by Gasteiger charge is 2.25. The number of carbonyl (C=O) groups excluding carboxylic acids is 2. The van der Waals surface area contributed by atoms with E-state index in [1.807, 2.05) is 47.4 Å². The van der Waals surface area contributed by atoms with Gasteiger partial charge in [-0.15, -0.1) is 0 Å². The SMILES string of the molecule is O=C(Nc1ccccc1)NC1CCN(C(=O)c2ccc(C3CCCCC3)cc2)CC1. The summed E-state index contributed by atoms with van der Waals surface area (Å²) in [5, 5.41) is 5.87. The molecule has 2 aliphatic rings. The van der Waals surface area contributed by atoms with Gasteiger partial charge in [-0.2, -0.15) is 0 Å². The van der Waals surface area contributed by atoms with Crippen molar-refractivity contribution in [2.75, 3.05) is 18.4 Å². The van der Waals surface area contributed by atoms with Crippen molar-refractivity contribution < 1.29 is 9.59 Å². The van der Waals surface area contributed by atoms with Crippen LogP contribution in [0.25, 0.3) is 0 Å². The Morgan fingerprint density at radius 3 is 2.13 bits per heavy atom. The molecule has 1 aliphatic carbocycles. The molecule has 4 rings (SSSR count). The van der Waals surface area contributed by atoms with Gasteiger partial charge in [0.15, 0.2) is 0 Å². The van der Waals surface area contributed by atoms with Crippen LogP contribution in [0.15, 0.2) is 54.6 Å². The van der Waals surface area contributed by atoms with Crippen molar-refractivity contribution in [3.8, 4) is 0 Å². The fraction of sp³-hybridized carbons (Fsp3) is 0.440. The van der Waals surface area contributed by atoms with E-state index in [1.165, 1.54) is 37.7 Å². The number of rotatable bonds is 4. The number of hydrogen-bond acceptors (Lipinski definition) is 2. The summed E-state index contributed by atoms with van der Waals surface area (Å²) < 4.78 is 0. The van der Waals surface area contributed by atoms with Crippen molar-refractivity contribution in [1.82, 2.24) is 10.2 Å². The van der Waals surface area contributed by atoms with Gasteiger partial charge in [-0.25, -0.2) is 4.79 Å². The number of amides is 3. The Bertz CT molecular complexity index is 836. The van der Waals surface area contributed by atoms with Crippen LogP contribution in [0.3, 0.4) is 0 Å². The van der Waals surface area contributed by atoms with Crippen molar-refractivity contribution in [2.45, 2.75) is 56.9 Å². The monoisotopic (exact) mass is 405 g/mol. The number of benzene rings is 2. The maximum absolute atomic E-state index is 12.9. The minimum Gasteiger partial charge on any atom is -0.338 e. The van der Waals surface area contributed by atoms with Crippen molar-refractivity contribution >= 4 is 17.6 Å². The lowest BCUT2D eigenvalue weighted by Crippen LogP contribution is -2.47. The summed E-state index contributed by atoms with van der Waals surface area (Å²) in [6, 6.07) is 17.6. The molecule has 1 aliphatic heterocycles. The number of piperidine rings is 1. The van der Waals surface area contributed by atoms with E-state index in [-0.39, 0.29) is 18.0 Å². The van der Waals surface area contributed by atoms with Crippen LogP contribution in [0.1, 0.15) is 66.8 Å². The molecule has 0 spiro atoms. The first-order valence-corrected chi connectivity index (χ1v) is 11.2. The third-order valence-corrected chi connectivity index (χ3v) is 6.38. The second-order valence-electron chi connectivity index (χ2n) is 8.49. The van der Waals surface area contributed by atoms with Crippen LogP contribution in [-0.2, 0) is 0 Å². The fourth-order valence-corrected chi connectivity index (χ4v) is 4.62. The predicted octanol–water partition coefficient (Wildman–Crippen LogP) is 5.16. The minimum absolute atomic E-state index is 0.0893. The number of hydrogen-bond donors (Lipinski definition) is 2. The van der Waals surface area contributed by atoms with Crippen molar-refractivity contribution in [3.05, 3.63) is 65.7 Å². The summed E-state index contributed by atoms with van der Waals surface area (Å²) >= 11 is 0. The molecule has 30 heavy (non-hydrogen) atoms. The lowest BCUT2D eigenvalue weighted by molar-refractivity contribution is 0.0709. The Morgan fingerprint density at radius 2 is 1.47 bits per heavy atom. The molecular formula is C25H31N3O2. The van der Waals surface area contributed by atoms with Crippen molar-refractivity contribution in [3.63, 3.8) is 0 Å². The smallest absolute Gasteiger partial charge is 0.319 e. The molecule has 1 heterocycles. The van der Waals surface area contributed by atoms with Crippen LogP contribution in [0.4, 0.5) is 10.5 Å². The Hall–Kier alpha value is -2.82. The first-order chi connectivity index (χ1) is 14.7. The van der Waals surface area contributed by atoms with Gasteiger partial charge in [0.05, 0.1) is 0 Å². The molecule has 2 N–H and O–H groups in total. The second-order valence-corrected chi connectivity index (χ2v) is 8.49. The third kappa shape index (κ3) is 5.21. The molecule has 1 saturated heterocycles. The Kier molecular flexibility index (Phi) is 6.67. The van der Waals surface area contributed by atoms with Gasteiger partial charge in [-0.3, -0.25) is 4.79 Å². The van der Waals surface area contributed by atoms with Crippen LogP contribution >= 0.6 is 0 Å². The standard InChI is InChI=1S/C25H31N3O2/c29-24(21-13-11-20(12-14-21)19-7-3-1-4-8-19)28-17-15-23(16-18-28)27-25(30)26-22-9-5-2-6-10-22/h2,5-6,9-14,19,23H,1,3-4,7-8,15-18H2,(H2,26,27,30). The molecule has 5 nitrogen and oxygen atoms in total. The van der Waals surface area contributed by atoms with Gasteiger partial charge in [0.25, 0.3) is 5.91 Å². The first kappa shape index (κ1) is 20.5. The van der Waals surface area contributed by atoms with Crippen LogP contribution < -0.4 is 10.6 Å². The lowest BCUT2D eigenvalue weighted by atomic mass is 9.84. The molecule has 0 unspecified atom stereocenters. The van der Waals surface area contributed by atoms with Crippen LogP contribution in [0.5, 0.6) is 0 Å². The fourth-order valence-electron chi connectivity index (χ4n) is 4.62. The van der Waals surface area contributed by atoms with E-state index >= 15 is 0 Å². The molecule has 1 saturated carbocycles. The summed E-state index contributed by atoms with van der Waals surface area (Å²) in [6.07, 6.45) is 8.07. The molecule has 2 aromatic rings. The summed E-state index contributed by atoms with van der Waals surface area (Å²) in [5.41, 5.74) is 2.92. The number of carbonyl (C=O) groups is 2. The van der Waals surface area contributed by atoms with E-state index in [0.29, 0.717) is 19.0 Å². The van der Waals surface area contributed by atoms with Crippen molar-refractivity contribution in [1.29, 1.82) is 0 Å². The zero-order valence-corrected chi connectivity index (χ0v) is 17.5. The number of nitrogens with one attached hydrogen (secondary N) is 2. The normalized spacial score (nSPS) is 18.1. The first-order valence-electron chi connectivity index (χ1n) is 11.2. The molecule has 158 valence electrons. The zero-order chi connectivity index (χ0) is 20.8. The second kappa shape index (κ2) is 9.79. The molecule has 0 radical (unpaired) electrons. The molecule has 0 bridgehead atoms. The summed E-state index contributed by atoms with van der Waals surface area (Å²) in [4.78, 5) is 27.0. The quantitative estimate of drug-likeness (QED) is 0.738. The van der Waals surface area contributed by atoms with Gasteiger partial charge < -0.3 is 15.5 Å². The highest BCUT2D eigenvalue weighted by atomic mass is 16.2. The maximum atomic E-state index is 12.9. The Morgan fingerprint density at radius 1 is 0.800 bits per heavy atom. The average molecular weight is 406 g/mol. The van der Waals surface area contributed by atoms with Gasteiger partial charge in [-0.05, 0) is 61.4 Å². The topological polar surface area (TPSA) is 61.4 Å².